The van der Waals surface area contributed by atoms with Gasteiger partial charge in [0.15, 0.2) is 0 Å². The highest BCUT2D eigenvalue weighted by molar-refractivity contribution is 5.94. The van der Waals surface area contributed by atoms with Crippen molar-refractivity contribution >= 4 is 11.9 Å². The van der Waals surface area contributed by atoms with E-state index in [2.05, 4.69) is 10.4 Å². The first-order valence-electron chi connectivity index (χ1n) is 6.54. The van der Waals surface area contributed by atoms with Crippen LogP contribution in [0.1, 0.15) is 48.9 Å². The Morgan fingerprint density at radius 1 is 1.42 bits per heavy atom. The number of aliphatic carboxylic acids is 1. The molecule has 1 aromatic rings. The first kappa shape index (κ1) is 13.6. The molecule has 0 unspecified atom stereocenters. The minimum atomic E-state index is -0.867. The SMILES string of the molecule is Cn1cc(C(=O)NC2(CC(=O)O)CCCCC2)cn1. The van der Waals surface area contributed by atoms with E-state index in [9.17, 15) is 9.59 Å². The summed E-state index contributed by atoms with van der Waals surface area (Å²) in [5, 5.41) is 15.9. The van der Waals surface area contributed by atoms with Gasteiger partial charge in [-0.25, -0.2) is 0 Å². The molecule has 1 aromatic heterocycles. The molecule has 0 aromatic carbocycles. The van der Waals surface area contributed by atoms with Crippen molar-refractivity contribution < 1.29 is 14.7 Å². The third kappa shape index (κ3) is 3.33. The number of carboxylic acids is 1. The second kappa shape index (κ2) is 5.42. The minimum Gasteiger partial charge on any atom is -0.481 e. The van der Waals surface area contributed by atoms with Gasteiger partial charge in [-0.1, -0.05) is 19.3 Å². The second-order valence-electron chi connectivity index (χ2n) is 5.27. The Labute approximate surface area is 111 Å². The highest BCUT2D eigenvalue weighted by atomic mass is 16.4. The topological polar surface area (TPSA) is 84.2 Å². The number of nitrogens with zero attached hydrogens (tertiary/aromatic N) is 2. The molecule has 1 amide bonds. The summed E-state index contributed by atoms with van der Waals surface area (Å²) in [6.07, 6.45) is 7.58. The number of hydrogen-bond acceptors (Lipinski definition) is 3. The minimum absolute atomic E-state index is 0.0149. The second-order valence-corrected chi connectivity index (χ2v) is 5.27. The molecule has 19 heavy (non-hydrogen) atoms. The zero-order chi connectivity index (χ0) is 13.9. The van der Waals surface area contributed by atoms with Gasteiger partial charge in [0.1, 0.15) is 0 Å². The van der Waals surface area contributed by atoms with Crippen LogP contribution in [0, 0.1) is 0 Å². The molecule has 0 radical (unpaired) electrons. The number of carbonyl (C=O) groups excluding carboxylic acids is 1. The fourth-order valence-corrected chi connectivity index (χ4v) is 2.72. The van der Waals surface area contributed by atoms with E-state index in [1.54, 1.807) is 17.9 Å². The fraction of sp³-hybridized carbons (Fsp3) is 0.615. The molecule has 0 spiro atoms. The van der Waals surface area contributed by atoms with Crippen molar-refractivity contribution in [1.29, 1.82) is 0 Å². The molecule has 2 N–H and O–H groups in total. The van der Waals surface area contributed by atoms with Crippen LogP contribution in [0.3, 0.4) is 0 Å². The molecule has 1 aliphatic carbocycles. The van der Waals surface area contributed by atoms with Crippen molar-refractivity contribution in [2.24, 2.45) is 7.05 Å². The van der Waals surface area contributed by atoms with Crippen LogP contribution in [0.15, 0.2) is 12.4 Å². The van der Waals surface area contributed by atoms with E-state index in [0.29, 0.717) is 5.56 Å². The molecular weight excluding hydrogens is 246 g/mol. The normalized spacial score (nSPS) is 17.9. The van der Waals surface area contributed by atoms with Crippen LogP contribution in [0.2, 0.25) is 0 Å². The van der Waals surface area contributed by atoms with E-state index in [1.807, 2.05) is 0 Å². The van der Waals surface area contributed by atoms with Crippen molar-refractivity contribution in [2.45, 2.75) is 44.1 Å². The van der Waals surface area contributed by atoms with Crippen LogP contribution in [-0.2, 0) is 11.8 Å². The summed E-state index contributed by atoms with van der Waals surface area (Å²) >= 11 is 0. The van der Waals surface area contributed by atoms with Crippen LogP contribution in [0.5, 0.6) is 0 Å². The standard InChI is InChI=1S/C13H19N3O3/c1-16-9-10(8-14-16)12(19)15-13(7-11(17)18)5-3-2-4-6-13/h8-9H,2-7H2,1H3,(H,15,19)(H,17,18). The first-order valence-corrected chi connectivity index (χ1v) is 6.54. The summed E-state index contributed by atoms with van der Waals surface area (Å²) in [6, 6.07) is 0. The van der Waals surface area contributed by atoms with Crippen molar-refractivity contribution in [3.63, 3.8) is 0 Å². The van der Waals surface area contributed by atoms with Crippen LogP contribution < -0.4 is 5.32 Å². The summed E-state index contributed by atoms with van der Waals surface area (Å²) in [5.74, 6) is -1.11. The van der Waals surface area contributed by atoms with Crippen molar-refractivity contribution in [3.8, 4) is 0 Å². The van der Waals surface area contributed by atoms with E-state index in [0.717, 1.165) is 32.1 Å². The maximum absolute atomic E-state index is 12.2. The van der Waals surface area contributed by atoms with Gasteiger partial charge in [0.25, 0.3) is 5.91 Å². The summed E-state index contributed by atoms with van der Waals surface area (Å²) < 4.78 is 1.56. The van der Waals surface area contributed by atoms with Crippen LogP contribution in [-0.4, -0.2) is 32.3 Å². The molecule has 0 aliphatic heterocycles. The molecule has 0 atom stereocenters. The maximum Gasteiger partial charge on any atom is 0.305 e. The smallest absolute Gasteiger partial charge is 0.305 e. The molecule has 0 bridgehead atoms. The molecule has 1 fully saturated rings. The molecule has 104 valence electrons. The van der Waals surface area contributed by atoms with E-state index >= 15 is 0 Å². The third-order valence-electron chi connectivity index (χ3n) is 3.65. The van der Waals surface area contributed by atoms with E-state index in [4.69, 9.17) is 5.11 Å². The number of amides is 1. The highest BCUT2D eigenvalue weighted by Gasteiger charge is 2.36. The maximum atomic E-state index is 12.2. The summed E-state index contributed by atoms with van der Waals surface area (Å²) in [4.78, 5) is 23.2. The van der Waals surface area contributed by atoms with Crippen molar-refractivity contribution in [3.05, 3.63) is 18.0 Å². The van der Waals surface area contributed by atoms with Crippen LogP contribution >= 0.6 is 0 Å². The van der Waals surface area contributed by atoms with Gasteiger partial charge in [0.05, 0.1) is 23.7 Å². The number of nitrogens with one attached hydrogen (secondary N) is 1. The number of carboxylic acid groups (broad SMARTS) is 1. The average Bonchev–Trinajstić information content (AvgIpc) is 2.76. The number of hydrogen-bond donors (Lipinski definition) is 2. The predicted octanol–water partition coefficient (Wildman–Crippen LogP) is 1.33. The average molecular weight is 265 g/mol. The van der Waals surface area contributed by atoms with Gasteiger partial charge in [-0.3, -0.25) is 14.3 Å². The Hall–Kier alpha value is -1.85. The molecule has 1 saturated carbocycles. The lowest BCUT2D eigenvalue weighted by Gasteiger charge is -2.36. The van der Waals surface area contributed by atoms with Gasteiger partial charge in [-0.05, 0) is 12.8 Å². The molecule has 6 nitrogen and oxygen atoms in total. The van der Waals surface area contributed by atoms with Gasteiger partial charge in [-0.15, -0.1) is 0 Å². The molecule has 1 heterocycles. The van der Waals surface area contributed by atoms with E-state index in [1.165, 1.54) is 6.20 Å². The van der Waals surface area contributed by atoms with E-state index < -0.39 is 11.5 Å². The monoisotopic (exact) mass is 265 g/mol. The Morgan fingerprint density at radius 2 is 2.11 bits per heavy atom. The van der Waals surface area contributed by atoms with Crippen molar-refractivity contribution in [2.75, 3.05) is 0 Å². The lowest BCUT2D eigenvalue weighted by molar-refractivity contribution is -0.139. The summed E-state index contributed by atoms with van der Waals surface area (Å²) in [6.45, 7) is 0. The van der Waals surface area contributed by atoms with Gasteiger partial charge in [0, 0.05) is 13.2 Å². The highest BCUT2D eigenvalue weighted by Crippen LogP contribution is 2.31. The largest absolute Gasteiger partial charge is 0.481 e. The Morgan fingerprint density at radius 3 is 2.63 bits per heavy atom. The Bertz CT molecular complexity index is 475. The number of rotatable bonds is 4. The van der Waals surface area contributed by atoms with Gasteiger partial charge in [-0.2, -0.15) is 5.10 Å². The molecule has 1 aliphatic rings. The summed E-state index contributed by atoms with van der Waals surface area (Å²) in [7, 11) is 1.74. The molecule has 2 rings (SSSR count). The van der Waals surface area contributed by atoms with E-state index in [-0.39, 0.29) is 12.3 Å². The predicted molar refractivity (Wildman–Crippen MR) is 68.7 cm³/mol. The first-order chi connectivity index (χ1) is 9.01. The van der Waals surface area contributed by atoms with Gasteiger partial charge in [0.2, 0.25) is 0 Å². The Kier molecular flexibility index (Phi) is 3.87. The molecule has 6 heteroatoms. The molecular formula is C13H19N3O3. The quantitative estimate of drug-likeness (QED) is 0.860. The zero-order valence-corrected chi connectivity index (χ0v) is 11.1. The lowest BCUT2D eigenvalue weighted by atomic mass is 9.79. The summed E-state index contributed by atoms with van der Waals surface area (Å²) in [5.41, 5.74) is -0.130. The number of aromatic nitrogens is 2. The fourth-order valence-electron chi connectivity index (χ4n) is 2.72. The Balaban J connectivity index is 2.11. The molecule has 0 saturated heterocycles. The zero-order valence-electron chi connectivity index (χ0n) is 11.1. The van der Waals surface area contributed by atoms with Crippen molar-refractivity contribution in [1.82, 2.24) is 15.1 Å². The number of carbonyl (C=O) groups is 2. The lowest BCUT2D eigenvalue weighted by Crippen LogP contribution is -2.51. The van der Waals surface area contributed by atoms with Gasteiger partial charge >= 0.3 is 5.97 Å². The third-order valence-corrected chi connectivity index (χ3v) is 3.65. The van der Waals surface area contributed by atoms with Crippen LogP contribution in [0.25, 0.3) is 0 Å². The van der Waals surface area contributed by atoms with Gasteiger partial charge < -0.3 is 10.4 Å². The number of aryl methyl sites for hydroxylation is 1. The van der Waals surface area contributed by atoms with Crippen LogP contribution in [0.4, 0.5) is 0 Å².